The summed E-state index contributed by atoms with van der Waals surface area (Å²) < 4.78 is 7.75. The molecule has 0 aliphatic heterocycles. The Morgan fingerprint density at radius 3 is 2.44 bits per heavy atom. The largest absolute Gasteiger partial charge is 1.00 e. The number of carbonyl (C=O) groups excluding carboxylic acids is 1. The van der Waals surface area contributed by atoms with Gasteiger partial charge in [0, 0.05) is 30.7 Å². The molecule has 0 atom stereocenters. The Morgan fingerprint density at radius 2 is 1.76 bits per heavy atom. The van der Waals surface area contributed by atoms with Crippen LogP contribution in [0, 0.1) is 0 Å². The third kappa shape index (κ3) is 8.68. The number of pyridine rings is 1. The molecule has 1 aromatic carbocycles. The summed E-state index contributed by atoms with van der Waals surface area (Å²) in [6, 6.07) is 13.6. The molecule has 1 amide bonds. The lowest BCUT2D eigenvalue weighted by molar-refractivity contribution is -0.697. The van der Waals surface area contributed by atoms with Crippen molar-refractivity contribution < 1.29 is 31.1 Å². The standard InChI is InChI=1S/C20H26N2O2.BrH/c1-2-3-17-24-19-12-10-18(11-13-19)21-20(23)9-5-8-16-22-14-6-4-7-15-22;/h4,6-7,10-15H,2-3,5,8-9,16-17H2,1H3;1H. The van der Waals surface area contributed by atoms with E-state index in [2.05, 4.69) is 16.8 Å². The van der Waals surface area contributed by atoms with E-state index in [4.69, 9.17) is 4.74 Å². The van der Waals surface area contributed by atoms with Crippen LogP contribution in [0.4, 0.5) is 5.69 Å². The molecule has 0 aliphatic carbocycles. The summed E-state index contributed by atoms with van der Waals surface area (Å²) in [7, 11) is 0. The highest BCUT2D eigenvalue weighted by Gasteiger charge is 2.04. The third-order valence-electron chi connectivity index (χ3n) is 3.75. The van der Waals surface area contributed by atoms with Crippen molar-refractivity contribution in [3.8, 4) is 5.75 Å². The predicted molar refractivity (Wildman–Crippen MR) is 96.0 cm³/mol. The number of carbonyl (C=O) groups is 1. The second kappa shape index (κ2) is 12.5. The van der Waals surface area contributed by atoms with E-state index in [0.29, 0.717) is 6.42 Å². The average molecular weight is 407 g/mol. The molecule has 0 spiro atoms. The van der Waals surface area contributed by atoms with Gasteiger partial charge in [-0.2, -0.15) is 0 Å². The minimum atomic E-state index is 0. The zero-order chi connectivity index (χ0) is 17.0. The smallest absolute Gasteiger partial charge is 0.224 e. The molecule has 0 aliphatic rings. The van der Waals surface area contributed by atoms with Crippen LogP contribution in [-0.4, -0.2) is 12.5 Å². The number of aromatic nitrogens is 1. The van der Waals surface area contributed by atoms with Gasteiger partial charge in [0.05, 0.1) is 6.61 Å². The Balaban J connectivity index is 0.00000312. The highest BCUT2D eigenvalue weighted by atomic mass is 79.9. The molecule has 4 nitrogen and oxygen atoms in total. The second-order valence-corrected chi connectivity index (χ2v) is 5.84. The number of amides is 1. The molecule has 5 heteroatoms. The lowest BCUT2D eigenvalue weighted by atomic mass is 10.2. The quantitative estimate of drug-likeness (QED) is 0.471. The average Bonchev–Trinajstić information content (AvgIpc) is 2.61. The zero-order valence-corrected chi connectivity index (χ0v) is 16.4. The maximum Gasteiger partial charge on any atom is 0.224 e. The molecule has 25 heavy (non-hydrogen) atoms. The van der Waals surface area contributed by atoms with E-state index in [1.54, 1.807) is 0 Å². The van der Waals surface area contributed by atoms with Crippen LogP contribution in [-0.2, 0) is 11.3 Å². The highest BCUT2D eigenvalue weighted by Crippen LogP contribution is 2.16. The molecule has 0 saturated carbocycles. The van der Waals surface area contributed by atoms with Crippen molar-refractivity contribution in [3.05, 3.63) is 54.9 Å². The van der Waals surface area contributed by atoms with Crippen LogP contribution in [0.2, 0.25) is 0 Å². The van der Waals surface area contributed by atoms with Crippen molar-refractivity contribution in [1.29, 1.82) is 0 Å². The molecule has 0 fully saturated rings. The summed E-state index contributed by atoms with van der Waals surface area (Å²) in [5.41, 5.74) is 0.820. The van der Waals surface area contributed by atoms with Crippen molar-refractivity contribution in [2.75, 3.05) is 11.9 Å². The van der Waals surface area contributed by atoms with Gasteiger partial charge in [-0.25, -0.2) is 4.57 Å². The molecule has 1 aromatic heterocycles. The molecule has 2 rings (SSSR count). The number of nitrogens with one attached hydrogen (secondary N) is 1. The minimum Gasteiger partial charge on any atom is -1.00 e. The van der Waals surface area contributed by atoms with Crippen LogP contribution < -0.4 is 31.6 Å². The maximum atomic E-state index is 12.0. The van der Waals surface area contributed by atoms with E-state index in [0.717, 1.165) is 50.3 Å². The Kier molecular flexibility index (Phi) is 10.6. The zero-order valence-electron chi connectivity index (χ0n) is 14.8. The molecule has 0 radical (unpaired) electrons. The minimum absolute atomic E-state index is 0. The lowest BCUT2D eigenvalue weighted by Gasteiger charge is -2.08. The van der Waals surface area contributed by atoms with Gasteiger partial charge in [0.2, 0.25) is 5.91 Å². The van der Waals surface area contributed by atoms with Gasteiger partial charge in [0.15, 0.2) is 12.4 Å². The molecule has 2 aromatic rings. The van der Waals surface area contributed by atoms with E-state index < -0.39 is 0 Å². The van der Waals surface area contributed by atoms with Crippen LogP contribution >= 0.6 is 0 Å². The summed E-state index contributed by atoms with van der Waals surface area (Å²) >= 11 is 0. The van der Waals surface area contributed by atoms with Crippen LogP contribution in [0.15, 0.2) is 54.9 Å². The first kappa shape index (κ1) is 21.2. The van der Waals surface area contributed by atoms with Crippen LogP contribution in [0.3, 0.4) is 0 Å². The number of halogens is 1. The number of hydrogen-bond donors (Lipinski definition) is 1. The molecule has 0 bridgehead atoms. The number of aryl methyl sites for hydroxylation is 1. The first-order chi connectivity index (χ1) is 11.8. The topological polar surface area (TPSA) is 42.2 Å². The van der Waals surface area contributed by atoms with E-state index in [-0.39, 0.29) is 22.9 Å². The van der Waals surface area contributed by atoms with Gasteiger partial charge in [-0.15, -0.1) is 0 Å². The Bertz CT molecular complexity index is 603. The molecule has 1 heterocycles. The Hall–Kier alpha value is -1.88. The third-order valence-corrected chi connectivity index (χ3v) is 3.75. The van der Waals surface area contributed by atoms with Gasteiger partial charge in [0.1, 0.15) is 12.3 Å². The first-order valence-electron chi connectivity index (χ1n) is 8.74. The van der Waals surface area contributed by atoms with Gasteiger partial charge in [-0.05, 0) is 37.1 Å². The van der Waals surface area contributed by atoms with Gasteiger partial charge < -0.3 is 27.0 Å². The second-order valence-electron chi connectivity index (χ2n) is 5.84. The molecule has 0 saturated heterocycles. The van der Waals surface area contributed by atoms with Gasteiger partial charge >= 0.3 is 0 Å². The summed E-state index contributed by atoms with van der Waals surface area (Å²) in [5.74, 6) is 0.911. The van der Waals surface area contributed by atoms with Gasteiger partial charge in [-0.3, -0.25) is 4.79 Å². The van der Waals surface area contributed by atoms with Crippen LogP contribution in [0.25, 0.3) is 0 Å². The summed E-state index contributed by atoms with van der Waals surface area (Å²) in [6.45, 7) is 3.82. The monoisotopic (exact) mass is 406 g/mol. The van der Waals surface area contributed by atoms with Crippen molar-refractivity contribution in [1.82, 2.24) is 0 Å². The SMILES string of the molecule is CCCCOc1ccc(NC(=O)CCCC[n+]2ccccc2)cc1.[Br-]. The number of unbranched alkanes of at least 4 members (excludes halogenated alkanes) is 2. The summed E-state index contributed by atoms with van der Waals surface area (Å²) in [4.78, 5) is 12.0. The molecular formula is C20H27BrN2O2. The van der Waals surface area contributed by atoms with E-state index in [1.165, 1.54) is 0 Å². The fraction of sp³-hybridized carbons (Fsp3) is 0.400. The fourth-order valence-corrected chi connectivity index (χ4v) is 2.36. The number of rotatable bonds is 10. The molecule has 136 valence electrons. The Morgan fingerprint density at radius 1 is 1.04 bits per heavy atom. The van der Waals surface area contributed by atoms with Gasteiger partial charge in [-0.1, -0.05) is 19.4 Å². The molecule has 0 unspecified atom stereocenters. The fourth-order valence-electron chi connectivity index (χ4n) is 2.36. The van der Waals surface area contributed by atoms with Crippen molar-refractivity contribution in [2.24, 2.45) is 0 Å². The summed E-state index contributed by atoms with van der Waals surface area (Å²) in [5, 5.41) is 2.93. The van der Waals surface area contributed by atoms with E-state index in [1.807, 2.05) is 54.9 Å². The van der Waals surface area contributed by atoms with Crippen molar-refractivity contribution >= 4 is 11.6 Å². The van der Waals surface area contributed by atoms with Crippen molar-refractivity contribution in [3.63, 3.8) is 0 Å². The lowest BCUT2D eigenvalue weighted by Crippen LogP contribution is -3.00. The molecular weight excluding hydrogens is 380 g/mol. The number of nitrogens with zero attached hydrogens (tertiary/aromatic N) is 1. The summed E-state index contributed by atoms with van der Waals surface area (Å²) in [6.07, 6.45) is 8.69. The predicted octanol–water partition coefficient (Wildman–Crippen LogP) is 0.966. The number of benzene rings is 1. The first-order valence-corrected chi connectivity index (χ1v) is 8.74. The normalized spacial score (nSPS) is 9.96. The van der Waals surface area contributed by atoms with Crippen LogP contribution in [0.5, 0.6) is 5.75 Å². The molecule has 1 N–H and O–H groups in total. The van der Waals surface area contributed by atoms with Crippen molar-refractivity contribution in [2.45, 2.75) is 45.6 Å². The van der Waals surface area contributed by atoms with E-state index >= 15 is 0 Å². The number of anilines is 1. The van der Waals surface area contributed by atoms with Gasteiger partial charge in [0.25, 0.3) is 0 Å². The number of ether oxygens (including phenoxy) is 1. The number of hydrogen-bond acceptors (Lipinski definition) is 2. The van der Waals surface area contributed by atoms with E-state index in [9.17, 15) is 4.79 Å². The Labute approximate surface area is 161 Å². The highest BCUT2D eigenvalue weighted by molar-refractivity contribution is 5.90. The maximum absolute atomic E-state index is 12.0. The van der Waals surface area contributed by atoms with Crippen LogP contribution in [0.1, 0.15) is 39.0 Å².